The number of carbonyl (C=O) groups is 1. The van der Waals surface area contributed by atoms with Gasteiger partial charge in [-0.15, -0.1) is 0 Å². The summed E-state index contributed by atoms with van der Waals surface area (Å²) in [4.78, 5) is 11.6. The molecule has 0 unspecified atom stereocenters. The van der Waals surface area contributed by atoms with Crippen molar-refractivity contribution in [3.63, 3.8) is 0 Å². The molecule has 3 heteroatoms. The average Bonchev–Trinajstić information content (AvgIpc) is 2.12. The van der Waals surface area contributed by atoms with E-state index in [0.29, 0.717) is 18.0 Å². The highest BCUT2D eigenvalue weighted by molar-refractivity contribution is 6.30. The van der Waals surface area contributed by atoms with Gasteiger partial charge in [-0.3, -0.25) is 4.79 Å². The first-order chi connectivity index (χ1) is 7.37. The Bertz CT molecular complexity index is 368. The molecule has 0 bridgehead atoms. The fraction of sp³-hybridized carbons (Fsp3) is 0.462. The molecule has 0 spiro atoms. The van der Waals surface area contributed by atoms with E-state index in [1.54, 1.807) is 0 Å². The van der Waals surface area contributed by atoms with E-state index in [1.165, 1.54) is 0 Å². The summed E-state index contributed by atoms with van der Waals surface area (Å²) in [5.41, 5.74) is 1.05. The molecule has 0 heterocycles. The van der Waals surface area contributed by atoms with Gasteiger partial charge in [-0.1, -0.05) is 44.5 Å². The van der Waals surface area contributed by atoms with E-state index < -0.39 is 0 Å². The van der Waals surface area contributed by atoms with Crippen molar-refractivity contribution in [2.24, 2.45) is 5.41 Å². The molecule has 0 aliphatic heterocycles. The van der Waals surface area contributed by atoms with Gasteiger partial charge in [0.25, 0.3) is 0 Å². The van der Waals surface area contributed by atoms with Crippen molar-refractivity contribution in [1.82, 2.24) is 5.32 Å². The third kappa shape index (κ3) is 5.17. The maximum absolute atomic E-state index is 11.6. The summed E-state index contributed by atoms with van der Waals surface area (Å²) in [6.45, 7) is 6.68. The molecule has 2 nitrogen and oxygen atoms in total. The number of hydrogen-bond donors (Lipinski definition) is 1. The van der Waals surface area contributed by atoms with Crippen molar-refractivity contribution in [2.45, 2.75) is 33.7 Å². The summed E-state index contributed by atoms with van der Waals surface area (Å²) in [7, 11) is 0. The van der Waals surface area contributed by atoms with Crippen LogP contribution >= 0.6 is 11.6 Å². The molecule has 1 aromatic rings. The van der Waals surface area contributed by atoms with Crippen molar-refractivity contribution in [3.8, 4) is 0 Å². The van der Waals surface area contributed by atoms with E-state index in [2.05, 4.69) is 5.32 Å². The summed E-state index contributed by atoms with van der Waals surface area (Å²) < 4.78 is 0. The van der Waals surface area contributed by atoms with Gasteiger partial charge in [0, 0.05) is 18.0 Å². The Morgan fingerprint density at radius 3 is 2.62 bits per heavy atom. The second-order valence-corrected chi connectivity index (χ2v) is 5.58. The zero-order valence-corrected chi connectivity index (χ0v) is 10.8. The molecule has 0 saturated carbocycles. The molecule has 16 heavy (non-hydrogen) atoms. The lowest BCUT2D eigenvalue weighted by molar-refractivity contribution is -0.122. The molecule has 1 rings (SSSR count). The molecule has 88 valence electrons. The first kappa shape index (κ1) is 13.0. The van der Waals surface area contributed by atoms with Crippen LogP contribution in [-0.2, 0) is 11.3 Å². The van der Waals surface area contributed by atoms with Crippen molar-refractivity contribution in [3.05, 3.63) is 34.9 Å². The summed E-state index contributed by atoms with van der Waals surface area (Å²) in [6, 6.07) is 7.51. The second kappa shape index (κ2) is 5.35. The minimum atomic E-state index is 0.0262. The molecule has 0 radical (unpaired) electrons. The summed E-state index contributed by atoms with van der Waals surface area (Å²) in [5, 5.41) is 3.58. The van der Waals surface area contributed by atoms with E-state index in [1.807, 2.05) is 45.0 Å². The fourth-order valence-corrected chi connectivity index (χ4v) is 1.60. The van der Waals surface area contributed by atoms with Gasteiger partial charge in [-0.25, -0.2) is 0 Å². The minimum absolute atomic E-state index is 0.0262. The maximum atomic E-state index is 11.6. The predicted molar refractivity (Wildman–Crippen MR) is 67.4 cm³/mol. The number of carbonyl (C=O) groups excluding carboxylic acids is 1. The Labute approximate surface area is 102 Å². The Morgan fingerprint density at radius 2 is 2.06 bits per heavy atom. The Morgan fingerprint density at radius 1 is 1.38 bits per heavy atom. The van der Waals surface area contributed by atoms with Gasteiger partial charge < -0.3 is 5.32 Å². The number of benzene rings is 1. The van der Waals surface area contributed by atoms with Crippen molar-refractivity contribution in [2.75, 3.05) is 0 Å². The van der Waals surface area contributed by atoms with Gasteiger partial charge in [0.1, 0.15) is 0 Å². The molecule has 1 aromatic carbocycles. The number of nitrogens with one attached hydrogen (secondary N) is 1. The summed E-state index contributed by atoms with van der Waals surface area (Å²) in [6.07, 6.45) is 0.535. The number of hydrogen-bond acceptors (Lipinski definition) is 1. The van der Waals surface area contributed by atoms with Crippen LogP contribution in [0.2, 0.25) is 5.02 Å². The predicted octanol–water partition coefficient (Wildman–Crippen LogP) is 3.39. The van der Waals surface area contributed by atoms with Crippen LogP contribution in [0, 0.1) is 5.41 Å². The molecular weight excluding hydrogens is 222 g/mol. The van der Waals surface area contributed by atoms with Crippen LogP contribution in [0.3, 0.4) is 0 Å². The minimum Gasteiger partial charge on any atom is -0.352 e. The molecule has 1 N–H and O–H groups in total. The zero-order valence-electron chi connectivity index (χ0n) is 10.0. The molecule has 0 aromatic heterocycles. The van der Waals surface area contributed by atoms with Crippen LogP contribution in [-0.4, -0.2) is 5.91 Å². The topological polar surface area (TPSA) is 29.1 Å². The van der Waals surface area contributed by atoms with Gasteiger partial charge in [0.15, 0.2) is 0 Å². The molecule has 0 atom stereocenters. The van der Waals surface area contributed by atoms with Crippen LogP contribution < -0.4 is 5.32 Å². The standard InChI is InChI=1S/C13H18ClNO/c1-13(2,3)8-12(16)15-9-10-5-4-6-11(14)7-10/h4-7H,8-9H2,1-3H3,(H,15,16). The van der Waals surface area contributed by atoms with E-state index >= 15 is 0 Å². The SMILES string of the molecule is CC(C)(C)CC(=O)NCc1cccc(Cl)c1. The van der Waals surface area contributed by atoms with E-state index in [0.717, 1.165) is 5.56 Å². The highest BCUT2D eigenvalue weighted by atomic mass is 35.5. The van der Waals surface area contributed by atoms with Crippen LogP contribution in [0.1, 0.15) is 32.8 Å². The summed E-state index contributed by atoms with van der Waals surface area (Å²) in [5.74, 6) is 0.0764. The van der Waals surface area contributed by atoms with Crippen molar-refractivity contribution < 1.29 is 4.79 Å². The molecular formula is C13H18ClNO. The molecule has 0 saturated heterocycles. The quantitative estimate of drug-likeness (QED) is 0.861. The van der Waals surface area contributed by atoms with E-state index in [-0.39, 0.29) is 11.3 Å². The third-order valence-electron chi connectivity index (χ3n) is 2.07. The van der Waals surface area contributed by atoms with Gasteiger partial charge in [0.05, 0.1) is 0 Å². The lowest BCUT2D eigenvalue weighted by atomic mass is 9.92. The highest BCUT2D eigenvalue weighted by Gasteiger charge is 2.15. The van der Waals surface area contributed by atoms with Gasteiger partial charge >= 0.3 is 0 Å². The van der Waals surface area contributed by atoms with E-state index in [4.69, 9.17) is 11.6 Å². The van der Waals surface area contributed by atoms with Crippen LogP contribution in [0.15, 0.2) is 24.3 Å². The Balaban J connectivity index is 2.43. The average molecular weight is 240 g/mol. The Hall–Kier alpha value is -1.02. The highest BCUT2D eigenvalue weighted by Crippen LogP contribution is 2.18. The van der Waals surface area contributed by atoms with Gasteiger partial charge in [0.2, 0.25) is 5.91 Å². The third-order valence-corrected chi connectivity index (χ3v) is 2.30. The molecule has 0 aliphatic carbocycles. The first-order valence-corrected chi connectivity index (χ1v) is 5.76. The normalized spacial score (nSPS) is 11.2. The smallest absolute Gasteiger partial charge is 0.220 e. The number of rotatable bonds is 3. The van der Waals surface area contributed by atoms with Crippen LogP contribution in [0.25, 0.3) is 0 Å². The number of amides is 1. The first-order valence-electron chi connectivity index (χ1n) is 5.38. The lowest BCUT2D eigenvalue weighted by Gasteiger charge is -2.17. The van der Waals surface area contributed by atoms with Crippen LogP contribution in [0.4, 0.5) is 0 Å². The maximum Gasteiger partial charge on any atom is 0.220 e. The fourth-order valence-electron chi connectivity index (χ4n) is 1.39. The van der Waals surface area contributed by atoms with Crippen molar-refractivity contribution >= 4 is 17.5 Å². The largest absolute Gasteiger partial charge is 0.352 e. The van der Waals surface area contributed by atoms with Crippen LogP contribution in [0.5, 0.6) is 0 Å². The number of halogens is 1. The van der Waals surface area contributed by atoms with Gasteiger partial charge in [-0.05, 0) is 23.1 Å². The monoisotopic (exact) mass is 239 g/mol. The second-order valence-electron chi connectivity index (χ2n) is 5.14. The summed E-state index contributed by atoms with van der Waals surface area (Å²) >= 11 is 5.85. The lowest BCUT2D eigenvalue weighted by Crippen LogP contribution is -2.27. The molecule has 0 aliphatic rings. The van der Waals surface area contributed by atoms with Gasteiger partial charge in [-0.2, -0.15) is 0 Å². The Kier molecular flexibility index (Phi) is 4.36. The molecule has 0 fully saturated rings. The molecule has 1 amide bonds. The van der Waals surface area contributed by atoms with E-state index in [9.17, 15) is 4.79 Å². The van der Waals surface area contributed by atoms with Crippen molar-refractivity contribution in [1.29, 1.82) is 0 Å². The zero-order chi connectivity index (χ0) is 12.2.